The summed E-state index contributed by atoms with van der Waals surface area (Å²) in [4.78, 5) is 2.55. The number of rotatable bonds is 7. The average Bonchev–Trinajstić information content (AvgIpc) is 2.34. The van der Waals surface area contributed by atoms with Gasteiger partial charge < -0.3 is 15.4 Å². The van der Waals surface area contributed by atoms with Gasteiger partial charge in [0.1, 0.15) is 17.3 Å². The Morgan fingerprint density at radius 3 is 2.61 bits per heavy atom. The predicted molar refractivity (Wildman–Crippen MR) is 80.6 cm³/mol. The Morgan fingerprint density at radius 1 is 1.39 bits per heavy atom. The zero-order valence-corrected chi connectivity index (χ0v) is 12.4. The minimum atomic E-state index is 0.262. The minimum absolute atomic E-state index is 0.262. The molecule has 0 bridgehead atoms. The van der Waals surface area contributed by atoms with Gasteiger partial charge in [0.15, 0.2) is 0 Å². The summed E-state index contributed by atoms with van der Waals surface area (Å²) in [7, 11) is 0. The van der Waals surface area contributed by atoms with E-state index in [2.05, 4.69) is 18.7 Å². The number of thiocarbonyl (C=S) groups is 1. The maximum Gasteiger partial charge on any atom is 0.131 e. The predicted octanol–water partition coefficient (Wildman–Crippen LogP) is 2.69. The van der Waals surface area contributed by atoms with E-state index in [0.29, 0.717) is 22.9 Å². The highest BCUT2D eigenvalue weighted by Crippen LogP contribution is 2.26. The first-order valence-corrected chi connectivity index (χ1v) is 6.82. The summed E-state index contributed by atoms with van der Waals surface area (Å²) in [5.41, 5.74) is 6.28. The largest absolute Gasteiger partial charge is 0.491 e. The van der Waals surface area contributed by atoms with Crippen LogP contribution < -0.4 is 10.5 Å². The Kier molecular flexibility index (Phi) is 6.39. The van der Waals surface area contributed by atoms with Crippen LogP contribution in [0.2, 0.25) is 5.02 Å². The zero-order chi connectivity index (χ0) is 13.5. The van der Waals surface area contributed by atoms with Crippen LogP contribution in [-0.4, -0.2) is 36.1 Å². The van der Waals surface area contributed by atoms with Gasteiger partial charge in [-0.25, -0.2) is 0 Å². The molecule has 18 heavy (non-hydrogen) atoms. The van der Waals surface area contributed by atoms with Crippen molar-refractivity contribution in [2.24, 2.45) is 5.73 Å². The van der Waals surface area contributed by atoms with Crippen molar-refractivity contribution in [3.05, 3.63) is 28.8 Å². The van der Waals surface area contributed by atoms with Gasteiger partial charge in [-0.1, -0.05) is 43.7 Å². The second-order valence-electron chi connectivity index (χ2n) is 3.85. The molecule has 0 radical (unpaired) electrons. The molecule has 100 valence electrons. The monoisotopic (exact) mass is 286 g/mol. The number of hydrogen-bond donors (Lipinski definition) is 1. The van der Waals surface area contributed by atoms with E-state index in [4.69, 9.17) is 34.3 Å². The van der Waals surface area contributed by atoms with Crippen LogP contribution in [0.3, 0.4) is 0 Å². The summed E-state index contributed by atoms with van der Waals surface area (Å²) in [5.74, 6) is 0.655. The summed E-state index contributed by atoms with van der Waals surface area (Å²) in [6.45, 7) is 7.75. The second kappa shape index (κ2) is 7.56. The van der Waals surface area contributed by atoms with E-state index in [1.807, 2.05) is 12.1 Å². The summed E-state index contributed by atoms with van der Waals surface area (Å²) in [6.07, 6.45) is 0. The van der Waals surface area contributed by atoms with Crippen molar-refractivity contribution in [2.75, 3.05) is 26.2 Å². The maximum absolute atomic E-state index is 6.06. The Labute approximate surface area is 119 Å². The molecule has 0 spiro atoms. The van der Waals surface area contributed by atoms with Crippen molar-refractivity contribution in [1.29, 1.82) is 0 Å². The normalized spacial score (nSPS) is 10.7. The number of hydrogen-bond acceptors (Lipinski definition) is 3. The van der Waals surface area contributed by atoms with Gasteiger partial charge in [0.2, 0.25) is 0 Å². The van der Waals surface area contributed by atoms with Crippen LogP contribution in [0, 0.1) is 0 Å². The topological polar surface area (TPSA) is 38.5 Å². The Morgan fingerprint density at radius 2 is 2.06 bits per heavy atom. The molecule has 3 nitrogen and oxygen atoms in total. The summed E-state index contributed by atoms with van der Waals surface area (Å²) in [5, 5.41) is 0.530. The van der Waals surface area contributed by atoms with Crippen molar-refractivity contribution in [2.45, 2.75) is 13.8 Å². The fourth-order valence-corrected chi connectivity index (χ4v) is 2.22. The van der Waals surface area contributed by atoms with Crippen LogP contribution in [0.1, 0.15) is 19.4 Å². The lowest BCUT2D eigenvalue weighted by molar-refractivity contribution is 0.222. The zero-order valence-electron chi connectivity index (χ0n) is 10.8. The number of halogens is 1. The number of likely N-dealkylation sites (N-methyl/N-ethyl adjacent to an activating group) is 1. The van der Waals surface area contributed by atoms with Crippen molar-refractivity contribution in [3.8, 4) is 5.75 Å². The standard InChI is InChI=1S/C13H19ClN2OS/c1-3-16(4-2)8-9-17-11-7-5-6-10(14)12(11)13(15)18/h5-7H,3-4,8-9H2,1-2H3,(H2,15,18). The highest BCUT2D eigenvalue weighted by atomic mass is 35.5. The van der Waals surface area contributed by atoms with Crippen molar-refractivity contribution in [1.82, 2.24) is 4.90 Å². The fourth-order valence-electron chi connectivity index (χ4n) is 1.69. The van der Waals surface area contributed by atoms with Gasteiger partial charge in [-0.15, -0.1) is 0 Å². The molecule has 0 heterocycles. The van der Waals surface area contributed by atoms with Crippen molar-refractivity contribution < 1.29 is 4.74 Å². The molecule has 2 N–H and O–H groups in total. The van der Waals surface area contributed by atoms with E-state index in [9.17, 15) is 0 Å². The maximum atomic E-state index is 6.06. The van der Waals surface area contributed by atoms with E-state index in [0.717, 1.165) is 19.6 Å². The van der Waals surface area contributed by atoms with Gasteiger partial charge in [-0.2, -0.15) is 0 Å². The molecule has 5 heteroatoms. The number of nitrogens with two attached hydrogens (primary N) is 1. The van der Waals surface area contributed by atoms with E-state index >= 15 is 0 Å². The van der Waals surface area contributed by atoms with Gasteiger partial charge in [0, 0.05) is 6.54 Å². The molecular formula is C13H19ClN2OS. The Balaban J connectivity index is 2.67. The van der Waals surface area contributed by atoms with Gasteiger partial charge in [-0.05, 0) is 25.2 Å². The highest BCUT2D eigenvalue weighted by molar-refractivity contribution is 7.80. The molecule has 0 saturated heterocycles. The average molecular weight is 287 g/mol. The first-order valence-electron chi connectivity index (χ1n) is 6.03. The molecule has 0 unspecified atom stereocenters. The Hall–Kier alpha value is -0.840. The highest BCUT2D eigenvalue weighted by Gasteiger charge is 2.11. The van der Waals surface area contributed by atoms with Crippen LogP contribution in [0.25, 0.3) is 0 Å². The van der Waals surface area contributed by atoms with E-state index in [-0.39, 0.29) is 4.99 Å². The lowest BCUT2D eigenvalue weighted by Crippen LogP contribution is -2.28. The van der Waals surface area contributed by atoms with E-state index in [1.54, 1.807) is 6.07 Å². The van der Waals surface area contributed by atoms with Gasteiger partial charge >= 0.3 is 0 Å². The van der Waals surface area contributed by atoms with Gasteiger partial charge in [0.25, 0.3) is 0 Å². The van der Waals surface area contributed by atoms with E-state index < -0.39 is 0 Å². The van der Waals surface area contributed by atoms with Gasteiger partial charge in [0.05, 0.1) is 10.6 Å². The number of nitrogens with zero attached hydrogens (tertiary/aromatic N) is 1. The molecule has 0 atom stereocenters. The van der Waals surface area contributed by atoms with Crippen LogP contribution >= 0.6 is 23.8 Å². The molecule has 1 aromatic rings. The summed E-state index contributed by atoms with van der Waals surface area (Å²) < 4.78 is 5.72. The molecule has 0 aromatic heterocycles. The molecule has 0 amide bonds. The smallest absolute Gasteiger partial charge is 0.131 e. The molecule has 1 rings (SSSR count). The number of benzene rings is 1. The lowest BCUT2D eigenvalue weighted by Gasteiger charge is -2.19. The van der Waals surface area contributed by atoms with Crippen LogP contribution in [0.5, 0.6) is 5.75 Å². The molecule has 1 aromatic carbocycles. The lowest BCUT2D eigenvalue weighted by atomic mass is 10.2. The van der Waals surface area contributed by atoms with Gasteiger partial charge in [-0.3, -0.25) is 0 Å². The van der Waals surface area contributed by atoms with Crippen LogP contribution in [0.4, 0.5) is 0 Å². The number of ether oxygens (including phenoxy) is 1. The molecule has 0 aliphatic heterocycles. The third-order valence-electron chi connectivity index (χ3n) is 2.78. The van der Waals surface area contributed by atoms with Crippen LogP contribution in [0.15, 0.2) is 18.2 Å². The fraction of sp³-hybridized carbons (Fsp3) is 0.462. The van der Waals surface area contributed by atoms with E-state index in [1.165, 1.54) is 0 Å². The molecule has 0 fully saturated rings. The van der Waals surface area contributed by atoms with Crippen molar-refractivity contribution >= 4 is 28.8 Å². The molecule has 0 aliphatic carbocycles. The Bertz CT molecular complexity index is 408. The summed E-state index contributed by atoms with van der Waals surface area (Å²) >= 11 is 11.1. The second-order valence-corrected chi connectivity index (χ2v) is 4.70. The quantitative estimate of drug-likeness (QED) is 0.782. The molecular weight excluding hydrogens is 268 g/mol. The first-order chi connectivity index (χ1) is 8.60. The van der Waals surface area contributed by atoms with Crippen molar-refractivity contribution in [3.63, 3.8) is 0 Å². The SMILES string of the molecule is CCN(CC)CCOc1cccc(Cl)c1C(N)=S. The minimum Gasteiger partial charge on any atom is -0.491 e. The molecule has 0 saturated carbocycles. The van der Waals surface area contributed by atoms with Crippen LogP contribution in [-0.2, 0) is 0 Å². The third kappa shape index (κ3) is 4.12. The third-order valence-corrected chi connectivity index (χ3v) is 3.30. The first kappa shape index (κ1) is 15.2. The summed E-state index contributed by atoms with van der Waals surface area (Å²) in [6, 6.07) is 5.42. The molecule has 0 aliphatic rings.